The van der Waals surface area contributed by atoms with Crippen molar-refractivity contribution in [1.29, 1.82) is 0 Å². The summed E-state index contributed by atoms with van der Waals surface area (Å²) < 4.78 is 5.70. The monoisotopic (exact) mass is 288 g/mol. The number of fused-ring (bicyclic) bond motifs is 1. The van der Waals surface area contributed by atoms with E-state index in [1.807, 2.05) is 24.1 Å². The van der Waals surface area contributed by atoms with E-state index in [9.17, 15) is 4.79 Å². The Kier molecular flexibility index (Phi) is 4.56. The molecule has 2 heterocycles. The number of anilines is 1. The number of carbonyl (C=O) groups is 1. The molecule has 2 aliphatic rings. The summed E-state index contributed by atoms with van der Waals surface area (Å²) in [5.41, 5.74) is 2.27. The van der Waals surface area contributed by atoms with Gasteiger partial charge in [0.2, 0.25) is 0 Å². The zero-order chi connectivity index (χ0) is 14.7. The zero-order valence-corrected chi connectivity index (χ0v) is 12.7. The second-order valence-electron chi connectivity index (χ2n) is 5.89. The lowest BCUT2D eigenvalue weighted by Crippen LogP contribution is -2.42. The van der Waals surface area contributed by atoms with Gasteiger partial charge in [0.25, 0.3) is 5.91 Å². The summed E-state index contributed by atoms with van der Waals surface area (Å²) in [4.78, 5) is 14.8. The van der Waals surface area contributed by atoms with Crippen molar-refractivity contribution in [1.82, 2.24) is 5.32 Å². The average molecular weight is 288 g/mol. The summed E-state index contributed by atoms with van der Waals surface area (Å²) in [6.07, 6.45) is 4.83. The summed E-state index contributed by atoms with van der Waals surface area (Å²) in [7, 11) is 1.99. The highest BCUT2D eigenvalue weighted by molar-refractivity contribution is 5.97. The first kappa shape index (κ1) is 14.5. The van der Waals surface area contributed by atoms with E-state index in [4.69, 9.17) is 4.74 Å². The van der Waals surface area contributed by atoms with Gasteiger partial charge in [-0.1, -0.05) is 18.2 Å². The minimum absolute atomic E-state index is 0.138. The van der Waals surface area contributed by atoms with Crippen molar-refractivity contribution in [3.8, 4) is 0 Å². The molecule has 0 radical (unpaired) electrons. The fraction of sp³-hybridized carbons (Fsp3) is 0.588. The molecule has 1 fully saturated rings. The number of rotatable bonds is 2. The number of hydrogen-bond donors (Lipinski definition) is 1. The van der Waals surface area contributed by atoms with Gasteiger partial charge in [0.1, 0.15) is 6.10 Å². The Labute approximate surface area is 126 Å². The summed E-state index contributed by atoms with van der Waals surface area (Å²) >= 11 is 0. The minimum atomic E-state index is -0.252. The first-order valence-corrected chi connectivity index (χ1v) is 8.00. The predicted octanol–water partition coefficient (Wildman–Crippen LogP) is 2.64. The molecule has 114 valence electrons. The summed E-state index contributed by atoms with van der Waals surface area (Å²) in [5.74, 6) is 0.138. The van der Waals surface area contributed by atoms with Crippen molar-refractivity contribution < 1.29 is 9.53 Å². The van der Waals surface area contributed by atoms with Gasteiger partial charge in [0, 0.05) is 24.9 Å². The van der Waals surface area contributed by atoms with Crippen LogP contribution in [0.5, 0.6) is 0 Å². The number of ether oxygens (including phenoxy) is 1. The second-order valence-corrected chi connectivity index (χ2v) is 5.89. The zero-order valence-electron chi connectivity index (χ0n) is 12.7. The largest absolute Gasteiger partial charge is 0.368 e. The number of para-hydroxylation sites is 1. The fourth-order valence-corrected chi connectivity index (χ4v) is 3.40. The highest BCUT2D eigenvalue weighted by Crippen LogP contribution is 2.33. The van der Waals surface area contributed by atoms with Crippen molar-refractivity contribution in [2.45, 2.75) is 44.2 Å². The van der Waals surface area contributed by atoms with Crippen molar-refractivity contribution in [3.63, 3.8) is 0 Å². The molecule has 4 nitrogen and oxygen atoms in total. The summed E-state index contributed by atoms with van der Waals surface area (Å²) in [6.45, 7) is 1.50. The molecule has 4 heteroatoms. The number of benzene rings is 1. The Morgan fingerprint density at radius 1 is 1.24 bits per heavy atom. The number of nitrogens with one attached hydrogen (secondary N) is 1. The van der Waals surface area contributed by atoms with Gasteiger partial charge in [-0.15, -0.1) is 0 Å². The highest BCUT2D eigenvalue weighted by atomic mass is 16.5. The van der Waals surface area contributed by atoms with Crippen LogP contribution in [0.2, 0.25) is 0 Å². The lowest BCUT2D eigenvalue weighted by Gasteiger charge is -2.30. The molecular formula is C17H24N2O2. The van der Waals surface area contributed by atoms with Crippen LogP contribution in [0.3, 0.4) is 0 Å². The maximum atomic E-state index is 12.8. The van der Waals surface area contributed by atoms with Crippen molar-refractivity contribution >= 4 is 11.6 Å². The maximum absolute atomic E-state index is 12.8. The number of nitrogens with zero attached hydrogens (tertiary/aromatic N) is 1. The minimum Gasteiger partial charge on any atom is -0.368 e. The van der Waals surface area contributed by atoms with Crippen LogP contribution < -0.4 is 10.2 Å². The Balaban J connectivity index is 1.89. The van der Waals surface area contributed by atoms with Gasteiger partial charge in [0.15, 0.2) is 0 Å². The molecule has 2 aliphatic heterocycles. The van der Waals surface area contributed by atoms with E-state index in [-0.39, 0.29) is 12.0 Å². The Bertz CT molecular complexity index is 497. The maximum Gasteiger partial charge on any atom is 0.256 e. The van der Waals surface area contributed by atoms with Gasteiger partial charge in [-0.05, 0) is 50.8 Å². The molecule has 1 aromatic carbocycles. The van der Waals surface area contributed by atoms with Gasteiger partial charge in [-0.2, -0.15) is 0 Å². The third kappa shape index (κ3) is 2.97. The van der Waals surface area contributed by atoms with E-state index >= 15 is 0 Å². The van der Waals surface area contributed by atoms with Crippen LogP contribution >= 0.6 is 0 Å². The van der Waals surface area contributed by atoms with E-state index in [1.54, 1.807) is 0 Å². The normalized spacial score (nSPS) is 26.0. The quantitative estimate of drug-likeness (QED) is 0.909. The molecular weight excluding hydrogens is 264 g/mol. The van der Waals surface area contributed by atoms with Gasteiger partial charge in [-0.3, -0.25) is 4.79 Å². The molecule has 0 saturated carbocycles. The van der Waals surface area contributed by atoms with Crippen LogP contribution in [-0.2, 0) is 9.53 Å². The summed E-state index contributed by atoms with van der Waals surface area (Å²) in [5, 5.41) is 3.37. The Morgan fingerprint density at radius 2 is 2.10 bits per heavy atom. The van der Waals surface area contributed by atoms with E-state index in [1.165, 1.54) is 5.56 Å². The molecule has 1 amide bonds. The van der Waals surface area contributed by atoms with Crippen LogP contribution in [0.15, 0.2) is 24.3 Å². The standard InChI is InChI=1S/C17H24N2O2/c1-18-14-8-6-11-19(15-9-3-2-7-13(14)15)17(20)16-10-4-5-12-21-16/h2-3,7,9,14,16,18H,4-6,8,10-12H2,1H3. The topological polar surface area (TPSA) is 41.6 Å². The highest BCUT2D eigenvalue weighted by Gasteiger charge is 2.31. The Hall–Kier alpha value is -1.39. The molecule has 2 unspecified atom stereocenters. The third-order valence-corrected chi connectivity index (χ3v) is 4.55. The SMILES string of the molecule is CNC1CCCN(C(=O)C2CCCCO2)c2ccccc21. The van der Waals surface area contributed by atoms with E-state index in [2.05, 4.69) is 17.4 Å². The molecule has 0 aromatic heterocycles. The smallest absolute Gasteiger partial charge is 0.256 e. The molecule has 1 aromatic rings. The van der Waals surface area contributed by atoms with Crippen LogP contribution in [0.4, 0.5) is 5.69 Å². The van der Waals surface area contributed by atoms with Crippen molar-refractivity contribution in [2.75, 3.05) is 25.1 Å². The summed E-state index contributed by atoms with van der Waals surface area (Å²) in [6, 6.07) is 8.58. The van der Waals surface area contributed by atoms with Gasteiger partial charge in [-0.25, -0.2) is 0 Å². The van der Waals surface area contributed by atoms with Crippen molar-refractivity contribution in [2.24, 2.45) is 0 Å². The first-order valence-electron chi connectivity index (χ1n) is 8.00. The van der Waals surface area contributed by atoms with Crippen LogP contribution in [0.1, 0.15) is 43.7 Å². The van der Waals surface area contributed by atoms with E-state index in [0.29, 0.717) is 12.6 Å². The molecule has 0 bridgehead atoms. The van der Waals surface area contributed by atoms with Crippen molar-refractivity contribution in [3.05, 3.63) is 29.8 Å². The van der Waals surface area contributed by atoms with Crippen LogP contribution in [0, 0.1) is 0 Å². The molecule has 0 aliphatic carbocycles. The first-order chi connectivity index (χ1) is 10.3. The molecule has 0 spiro atoms. The van der Waals surface area contributed by atoms with Gasteiger partial charge < -0.3 is 15.0 Å². The average Bonchev–Trinajstić information content (AvgIpc) is 2.74. The number of carbonyl (C=O) groups excluding carboxylic acids is 1. The lowest BCUT2D eigenvalue weighted by molar-refractivity contribution is -0.132. The molecule has 3 rings (SSSR count). The third-order valence-electron chi connectivity index (χ3n) is 4.55. The van der Waals surface area contributed by atoms with E-state index < -0.39 is 0 Å². The molecule has 1 saturated heterocycles. The second kappa shape index (κ2) is 6.58. The molecule has 1 N–H and O–H groups in total. The van der Waals surface area contributed by atoms with Crippen LogP contribution in [-0.4, -0.2) is 32.2 Å². The predicted molar refractivity (Wildman–Crippen MR) is 83.4 cm³/mol. The fourth-order valence-electron chi connectivity index (χ4n) is 3.40. The Morgan fingerprint density at radius 3 is 2.86 bits per heavy atom. The molecule has 2 atom stereocenters. The van der Waals surface area contributed by atoms with E-state index in [0.717, 1.165) is 44.3 Å². The lowest BCUT2D eigenvalue weighted by atomic mass is 10.0. The molecule has 21 heavy (non-hydrogen) atoms. The van der Waals surface area contributed by atoms with Gasteiger partial charge in [0.05, 0.1) is 0 Å². The number of amides is 1. The number of hydrogen-bond acceptors (Lipinski definition) is 3. The van der Waals surface area contributed by atoms with Gasteiger partial charge >= 0.3 is 0 Å². The van der Waals surface area contributed by atoms with Crippen LogP contribution in [0.25, 0.3) is 0 Å².